The summed E-state index contributed by atoms with van der Waals surface area (Å²) in [6, 6.07) is 0. The van der Waals surface area contributed by atoms with E-state index in [1.807, 2.05) is 0 Å². The van der Waals surface area contributed by atoms with Gasteiger partial charge in [0.05, 0.1) is 6.61 Å². The van der Waals surface area contributed by atoms with Gasteiger partial charge in [-0.05, 0) is 12.3 Å². The van der Waals surface area contributed by atoms with E-state index in [1.165, 1.54) is 37.0 Å². The molecule has 0 saturated heterocycles. The number of hydrogen-bond acceptors (Lipinski definition) is 3. The second-order valence-electron chi connectivity index (χ2n) is 3.66. The number of aromatic nitrogens is 1. The van der Waals surface area contributed by atoms with Crippen LogP contribution >= 0.6 is 22.9 Å². The van der Waals surface area contributed by atoms with E-state index in [2.05, 4.69) is 18.8 Å². The van der Waals surface area contributed by atoms with Gasteiger partial charge in [-0.2, -0.15) is 4.98 Å². The van der Waals surface area contributed by atoms with Crippen molar-refractivity contribution < 1.29 is 4.74 Å². The maximum absolute atomic E-state index is 5.71. The van der Waals surface area contributed by atoms with Gasteiger partial charge in [-0.15, -0.1) is 0 Å². The zero-order chi connectivity index (χ0) is 11.1. The van der Waals surface area contributed by atoms with Crippen LogP contribution in [0.3, 0.4) is 0 Å². The molecule has 1 rings (SSSR count). The fourth-order valence-corrected chi connectivity index (χ4v) is 2.19. The van der Waals surface area contributed by atoms with Crippen LogP contribution in [-0.4, -0.2) is 11.6 Å². The first-order chi connectivity index (χ1) is 7.26. The Labute approximate surface area is 101 Å². The van der Waals surface area contributed by atoms with Crippen LogP contribution in [0.25, 0.3) is 0 Å². The summed E-state index contributed by atoms with van der Waals surface area (Å²) >= 11 is 7.17. The number of ether oxygens (including phenoxy) is 1. The number of thiazole rings is 1. The average Bonchev–Trinajstić information content (AvgIpc) is 2.65. The summed E-state index contributed by atoms with van der Waals surface area (Å²) in [5.41, 5.74) is 0. The normalized spacial score (nSPS) is 12.7. The lowest BCUT2D eigenvalue weighted by molar-refractivity contribution is 0.232. The molecule has 0 aliphatic heterocycles. The molecule has 1 heterocycles. The maximum atomic E-state index is 5.71. The van der Waals surface area contributed by atoms with Gasteiger partial charge >= 0.3 is 0 Å². The van der Waals surface area contributed by atoms with Crippen molar-refractivity contribution in [3.63, 3.8) is 0 Å². The monoisotopic (exact) mass is 247 g/mol. The lowest BCUT2D eigenvalue weighted by atomic mass is 10.0. The van der Waals surface area contributed by atoms with Gasteiger partial charge in [0.2, 0.25) is 0 Å². The highest BCUT2D eigenvalue weighted by Gasteiger charge is 2.08. The number of hydrogen-bond donors (Lipinski definition) is 0. The molecular weight excluding hydrogens is 230 g/mol. The van der Waals surface area contributed by atoms with Crippen LogP contribution in [0.4, 0.5) is 0 Å². The van der Waals surface area contributed by atoms with Gasteiger partial charge < -0.3 is 4.74 Å². The van der Waals surface area contributed by atoms with Crippen LogP contribution in [0.15, 0.2) is 5.38 Å². The van der Waals surface area contributed by atoms with Gasteiger partial charge in [0.15, 0.2) is 0 Å². The number of nitrogens with zero attached hydrogens (tertiary/aromatic N) is 1. The number of unbranched alkanes of at least 4 members (excludes halogenated alkanes) is 1. The second-order valence-corrected chi connectivity index (χ2v) is 4.87. The van der Waals surface area contributed by atoms with E-state index in [1.54, 1.807) is 5.38 Å². The van der Waals surface area contributed by atoms with E-state index in [0.717, 1.165) is 6.61 Å². The highest BCUT2D eigenvalue weighted by atomic mass is 35.5. The molecule has 0 aromatic carbocycles. The number of halogens is 1. The zero-order valence-corrected chi connectivity index (χ0v) is 10.9. The number of rotatable bonds is 7. The fraction of sp³-hybridized carbons (Fsp3) is 0.727. The molecule has 0 amide bonds. The van der Waals surface area contributed by atoms with E-state index >= 15 is 0 Å². The molecule has 1 aromatic heterocycles. The molecular formula is C11H18ClNOS. The van der Waals surface area contributed by atoms with Crippen LogP contribution in [0.5, 0.6) is 5.19 Å². The highest BCUT2D eigenvalue weighted by Crippen LogP contribution is 2.23. The first-order valence-corrected chi connectivity index (χ1v) is 6.75. The Bertz CT molecular complexity index is 277. The lowest BCUT2D eigenvalue weighted by Crippen LogP contribution is -2.11. The Morgan fingerprint density at radius 2 is 2.33 bits per heavy atom. The van der Waals surface area contributed by atoms with Crippen molar-refractivity contribution in [1.82, 2.24) is 4.98 Å². The molecule has 0 aliphatic rings. The smallest absolute Gasteiger partial charge is 0.274 e. The van der Waals surface area contributed by atoms with Crippen LogP contribution in [0.1, 0.15) is 39.5 Å². The molecule has 0 saturated carbocycles. The van der Waals surface area contributed by atoms with Crippen molar-refractivity contribution in [2.45, 2.75) is 39.5 Å². The summed E-state index contributed by atoms with van der Waals surface area (Å²) in [4.78, 5) is 4.06. The predicted molar refractivity (Wildman–Crippen MR) is 65.9 cm³/mol. The quantitative estimate of drug-likeness (QED) is 0.713. The maximum Gasteiger partial charge on any atom is 0.274 e. The molecule has 0 aliphatic carbocycles. The molecule has 0 fully saturated rings. The molecule has 86 valence electrons. The minimum atomic E-state index is 0.525. The zero-order valence-electron chi connectivity index (χ0n) is 9.33. The van der Waals surface area contributed by atoms with Crippen molar-refractivity contribution in [3.05, 3.63) is 10.5 Å². The van der Waals surface area contributed by atoms with Crippen molar-refractivity contribution in [3.8, 4) is 5.19 Å². The Morgan fingerprint density at radius 3 is 2.87 bits per heavy atom. The van der Waals surface area contributed by atoms with Crippen molar-refractivity contribution in [1.29, 1.82) is 0 Å². The largest absolute Gasteiger partial charge is 0.470 e. The third-order valence-electron chi connectivity index (χ3n) is 2.44. The summed E-state index contributed by atoms with van der Waals surface area (Å²) in [5.74, 6) is 0.646. The predicted octanol–water partition coefficient (Wildman–Crippen LogP) is 4.39. The summed E-state index contributed by atoms with van der Waals surface area (Å²) in [6.07, 6.45) is 4.94. The third kappa shape index (κ3) is 4.85. The molecule has 2 nitrogen and oxygen atoms in total. The summed E-state index contributed by atoms with van der Waals surface area (Å²) in [6.45, 7) is 5.19. The molecule has 0 radical (unpaired) electrons. The van der Waals surface area contributed by atoms with Crippen LogP contribution < -0.4 is 4.74 Å². The molecule has 0 spiro atoms. The third-order valence-corrected chi connectivity index (χ3v) is 3.52. The van der Waals surface area contributed by atoms with Crippen LogP contribution in [0, 0.1) is 5.92 Å². The molecule has 1 unspecified atom stereocenters. The van der Waals surface area contributed by atoms with Crippen LogP contribution in [-0.2, 0) is 0 Å². The van der Waals surface area contributed by atoms with Gasteiger partial charge in [-0.1, -0.05) is 56.0 Å². The Balaban J connectivity index is 2.27. The van der Waals surface area contributed by atoms with E-state index in [0.29, 0.717) is 16.3 Å². The summed E-state index contributed by atoms with van der Waals surface area (Å²) in [7, 11) is 0. The van der Waals surface area contributed by atoms with Crippen LogP contribution in [0.2, 0.25) is 5.15 Å². The fourth-order valence-electron chi connectivity index (χ4n) is 1.39. The van der Waals surface area contributed by atoms with Crippen molar-refractivity contribution in [2.75, 3.05) is 6.61 Å². The van der Waals surface area contributed by atoms with E-state index < -0.39 is 0 Å². The van der Waals surface area contributed by atoms with Crippen molar-refractivity contribution in [2.24, 2.45) is 5.92 Å². The first kappa shape index (κ1) is 12.8. The SMILES string of the molecule is CCCCC(CC)COc1nc(Cl)cs1. The Morgan fingerprint density at radius 1 is 1.53 bits per heavy atom. The highest BCUT2D eigenvalue weighted by molar-refractivity contribution is 7.11. The lowest BCUT2D eigenvalue weighted by Gasteiger charge is -2.13. The minimum absolute atomic E-state index is 0.525. The van der Waals surface area contributed by atoms with Gasteiger partial charge in [0, 0.05) is 5.38 Å². The molecule has 15 heavy (non-hydrogen) atoms. The summed E-state index contributed by atoms with van der Waals surface area (Å²) in [5, 5.41) is 3.01. The van der Waals surface area contributed by atoms with Gasteiger partial charge in [-0.3, -0.25) is 0 Å². The topological polar surface area (TPSA) is 22.1 Å². The van der Waals surface area contributed by atoms with E-state index in [9.17, 15) is 0 Å². The Hall–Kier alpha value is -0.280. The molecule has 1 aromatic rings. The van der Waals surface area contributed by atoms with E-state index in [-0.39, 0.29) is 0 Å². The van der Waals surface area contributed by atoms with Gasteiger partial charge in [-0.25, -0.2) is 0 Å². The average molecular weight is 248 g/mol. The molecule has 0 N–H and O–H groups in total. The molecule has 0 bridgehead atoms. The summed E-state index contributed by atoms with van der Waals surface area (Å²) < 4.78 is 5.60. The first-order valence-electron chi connectivity index (χ1n) is 5.50. The Kier molecular flexibility index (Phi) is 6.03. The standard InChI is InChI=1S/C11H18ClNOS/c1-3-5-6-9(4-2)7-14-11-13-10(12)8-15-11/h8-9H,3-7H2,1-2H3. The second kappa shape index (κ2) is 7.07. The van der Waals surface area contributed by atoms with Gasteiger partial charge in [0.25, 0.3) is 5.19 Å². The van der Waals surface area contributed by atoms with Gasteiger partial charge in [0.1, 0.15) is 5.15 Å². The molecule has 1 atom stereocenters. The van der Waals surface area contributed by atoms with Crippen molar-refractivity contribution >= 4 is 22.9 Å². The minimum Gasteiger partial charge on any atom is -0.470 e. The van der Waals surface area contributed by atoms with E-state index in [4.69, 9.17) is 16.3 Å². The molecule has 4 heteroatoms.